The highest BCUT2D eigenvalue weighted by molar-refractivity contribution is 5.32. The smallest absolute Gasteiger partial charge is 0.163 e. The normalized spacial score (nSPS) is 12.4. The van der Waals surface area contributed by atoms with Gasteiger partial charge in [-0.3, -0.25) is 4.68 Å². The Bertz CT molecular complexity index is 520. The molecule has 0 aliphatic carbocycles. The maximum absolute atomic E-state index is 10.0. The number of aliphatic hydroxyl groups excluding tert-OH is 1. The summed E-state index contributed by atoms with van der Waals surface area (Å²) in [5.41, 5.74) is 2.67. The summed E-state index contributed by atoms with van der Waals surface area (Å²) in [6.45, 7) is 4.08. The number of benzene rings is 1. The maximum Gasteiger partial charge on any atom is 0.163 e. The highest BCUT2D eigenvalue weighted by atomic mass is 16.5. The number of nitrogens with zero attached hydrogens (tertiary/aromatic N) is 2. The van der Waals surface area contributed by atoms with E-state index in [-0.39, 0.29) is 6.61 Å². The Morgan fingerprint density at radius 1 is 1.28 bits per heavy atom. The van der Waals surface area contributed by atoms with E-state index in [1.165, 1.54) is 0 Å². The van der Waals surface area contributed by atoms with Crippen LogP contribution in [-0.2, 0) is 7.05 Å². The molecule has 0 aliphatic heterocycles. The van der Waals surface area contributed by atoms with Gasteiger partial charge in [-0.1, -0.05) is 30.3 Å². The predicted octanol–water partition coefficient (Wildman–Crippen LogP) is 2.15. The molecule has 0 amide bonds. The van der Waals surface area contributed by atoms with Crippen molar-refractivity contribution in [3.8, 4) is 5.75 Å². The quantitative estimate of drug-likeness (QED) is 0.899. The molecule has 4 nitrogen and oxygen atoms in total. The Labute approximate surface area is 107 Å². The summed E-state index contributed by atoms with van der Waals surface area (Å²) in [7, 11) is 1.88. The van der Waals surface area contributed by atoms with Crippen molar-refractivity contribution in [2.24, 2.45) is 7.05 Å². The fourth-order valence-corrected chi connectivity index (χ4v) is 1.90. The van der Waals surface area contributed by atoms with Gasteiger partial charge in [-0.15, -0.1) is 0 Å². The lowest BCUT2D eigenvalue weighted by Gasteiger charge is -2.12. The molecule has 0 saturated heterocycles. The van der Waals surface area contributed by atoms with E-state index >= 15 is 0 Å². The molecular weight excluding hydrogens is 228 g/mol. The van der Waals surface area contributed by atoms with Gasteiger partial charge < -0.3 is 9.84 Å². The number of aromatic nitrogens is 2. The Morgan fingerprint density at radius 3 is 2.50 bits per heavy atom. The third-order valence-corrected chi connectivity index (χ3v) is 3.01. The van der Waals surface area contributed by atoms with Gasteiger partial charge in [-0.25, -0.2) is 0 Å². The van der Waals surface area contributed by atoms with Gasteiger partial charge in [0.2, 0.25) is 0 Å². The van der Waals surface area contributed by atoms with Crippen molar-refractivity contribution >= 4 is 0 Å². The molecule has 0 bridgehead atoms. The molecule has 1 N–H and O–H groups in total. The lowest BCUT2D eigenvalue weighted by Crippen LogP contribution is -2.10. The van der Waals surface area contributed by atoms with Crippen LogP contribution in [0.15, 0.2) is 30.3 Å². The molecule has 0 aliphatic rings. The van der Waals surface area contributed by atoms with Crippen LogP contribution >= 0.6 is 0 Å². The zero-order chi connectivity index (χ0) is 13.1. The fraction of sp³-hybridized carbons (Fsp3) is 0.357. The largest absolute Gasteiger partial charge is 0.487 e. The van der Waals surface area contributed by atoms with Crippen molar-refractivity contribution in [2.75, 3.05) is 6.61 Å². The van der Waals surface area contributed by atoms with Crippen molar-refractivity contribution in [3.63, 3.8) is 0 Å². The SMILES string of the molecule is Cc1nn(C)c(C)c1OCC(O)c1ccccc1. The van der Waals surface area contributed by atoms with Gasteiger partial charge in [0.1, 0.15) is 18.4 Å². The molecule has 0 fully saturated rings. The zero-order valence-corrected chi connectivity index (χ0v) is 10.9. The summed E-state index contributed by atoms with van der Waals surface area (Å²) in [5.74, 6) is 0.757. The minimum atomic E-state index is -0.620. The van der Waals surface area contributed by atoms with Gasteiger partial charge in [0.05, 0.1) is 5.69 Å². The lowest BCUT2D eigenvalue weighted by molar-refractivity contribution is 0.107. The second-order valence-electron chi connectivity index (χ2n) is 4.36. The molecule has 1 atom stereocenters. The van der Waals surface area contributed by atoms with E-state index in [2.05, 4.69) is 5.10 Å². The minimum Gasteiger partial charge on any atom is -0.487 e. The molecule has 1 unspecified atom stereocenters. The highest BCUT2D eigenvalue weighted by Gasteiger charge is 2.13. The number of hydrogen-bond donors (Lipinski definition) is 1. The number of ether oxygens (including phenoxy) is 1. The van der Waals surface area contributed by atoms with Gasteiger partial charge >= 0.3 is 0 Å². The van der Waals surface area contributed by atoms with Crippen LogP contribution < -0.4 is 4.74 Å². The van der Waals surface area contributed by atoms with Gasteiger partial charge in [-0.2, -0.15) is 5.10 Å². The first-order valence-electron chi connectivity index (χ1n) is 5.95. The summed E-state index contributed by atoms with van der Waals surface area (Å²) in [6.07, 6.45) is -0.620. The standard InChI is InChI=1S/C14H18N2O2/c1-10-14(11(2)16(3)15-10)18-9-13(17)12-7-5-4-6-8-12/h4-8,13,17H,9H2,1-3H3. The van der Waals surface area contributed by atoms with Crippen LogP contribution in [0.3, 0.4) is 0 Å². The van der Waals surface area contributed by atoms with Crippen LogP contribution in [0, 0.1) is 13.8 Å². The summed E-state index contributed by atoms with van der Waals surface area (Å²) < 4.78 is 7.45. The average molecular weight is 246 g/mol. The summed E-state index contributed by atoms with van der Waals surface area (Å²) >= 11 is 0. The van der Waals surface area contributed by atoms with Crippen molar-refractivity contribution < 1.29 is 9.84 Å². The van der Waals surface area contributed by atoms with Gasteiger partial charge in [-0.05, 0) is 19.4 Å². The van der Waals surface area contributed by atoms with Crippen LogP contribution in [0.5, 0.6) is 5.75 Å². The summed E-state index contributed by atoms with van der Waals surface area (Å²) in [4.78, 5) is 0. The van der Waals surface area contributed by atoms with E-state index in [1.807, 2.05) is 51.2 Å². The molecule has 96 valence electrons. The monoisotopic (exact) mass is 246 g/mol. The second-order valence-corrected chi connectivity index (χ2v) is 4.36. The first-order valence-corrected chi connectivity index (χ1v) is 5.95. The van der Waals surface area contributed by atoms with Gasteiger partial charge in [0.25, 0.3) is 0 Å². The van der Waals surface area contributed by atoms with Crippen molar-refractivity contribution in [1.29, 1.82) is 0 Å². The number of hydrogen-bond acceptors (Lipinski definition) is 3. The molecule has 18 heavy (non-hydrogen) atoms. The summed E-state index contributed by atoms with van der Waals surface area (Å²) in [6, 6.07) is 9.50. The molecule has 2 rings (SSSR count). The average Bonchev–Trinajstić information content (AvgIpc) is 2.62. The third-order valence-electron chi connectivity index (χ3n) is 3.01. The van der Waals surface area contributed by atoms with E-state index in [0.717, 1.165) is 22.7 Å². The molecule has 1 aromatic carbocycles. The predicted molar refractivity (Wildman–Crippen MR) is 69.6 cm³/mol. The van der Waals surface area contributed by atoms with Gasteiger partial charge in [0, 0.05) is 7.05 Å². The Balaban J connectivity index is 2.04. The fourth-order valence-electron chi connectivity index (χ4n) is 1.90. The topological polar surface area (TPSA) is 47.3 Å². The molecular formula is C14H18N2O2. The number of aliphatic hydroxyl groups is 1. The molecule has 0 radical (unpaired) electrons. The van der Waals surface area contributed by atoms with E-state index in [9.17, 15) is 5.11 Å². The molecule has 0 spiro atoms. The summed E-state index contributed by atoms with van der Waals surface area (Å²) in [5, 5.41) is 14.3. The van der Waals surface area contributed by atoms with Crippen LogP contribution in [0.2, 0.25) is 0 Å². The van der Waals surface area contributed by atoms with E-state index in [4.69, 9.17) is 4.74 Å². The van der Waals surface area contributed by atoms with Gasteiger partial charge in [0.15, 0.2) is 5.75 Å². The second kappa shape index (κ2) is 5.23. The maximum atomic E-state index is 10.0. The van der Waals surface area contributed by atoms with E-state index in [0.29, 0.717) is 0 Å². The molecule has 1 aromatic heterocycles. The van der Waals surface area contributed by atoms with Crippen molar-refractivity contribution in [2.45, 2.75) is 20.0 Å². The van der Waals surface area contributed by atoms with Crippen LogP contribution in [0.25, 0.3) is 0 Å². The van der Waals surface area contributed by atoms with Crippen molar-refractivity contribution in [1.82, 2.24) is 9.78 Å². The molecule has 4 heteroatoms. The Kier molecular flexibility index (Phi) is 3.67. The van der Waals surface area contributed by atoms with E-state index < -0.39 is 6.10 Å². The lowest BCUT2D eigenvalue weighted by atomic mass is 10.1. The molecule has 2 aromatic rings. The van der Waals surface area contributed by atoms with Crippen LogP contribution in [0.1, 0.15) is 23.1 Å². The zero-order valence-electron chi connectivity index (χ0n) is 10.9. The first-order chi connectivity index (χ1) is 8.59. The Morgan fingerprint density at radius 2 is 1.94 bits per heavy atom. The van der Waals surface area contributed by atoms with Crippen LogP contribution in [0.4, 0.5) is 0 Å². The highest BCUT2D eigenvalue weighted by Crippen LogP contribution is 2.23. The molecule has 0 saturated carbocycles. The third kappa shape index (κ3) is 2.54. The number of rotatable bonds is 4. The first kappa shape index (κ1) is 12.6. The van der Waals surface area contributed by atoms with Crippen molar-refractivity contribution in [3.05, 3.63) is 47.3 Å². The Hall–Kier alpha value is -1.81. The minimum absolute atomic E-state index is 0.234. The van der Waals surface area contributed by atoms with E-state index in [1.54, 1.807) is 4.68 Å². The molecule has 1 heterocycles. The van der Waals surface area contributed by atoms with Crippen LogP contribution in [-0.4, -0.2) is 21.5 Å². The number of aryl methyl sites for hydroxylation is 2.